The molecule has 0 aliphatic rings. The van der Waals surface area contributed by atoms with E-state index in [4.69, 9.17) is 0 Å². The highest BCUT2D eigenvalue weighted by Gasteiger charge is 2.24. The van der Waals surface area contributed by atoms with Gasteiger partial charge in [-0.25, -0.2) is 9.89 Å². The lowest BCUT2D eigenvalue weighted by molar-refractivity contribution is 0.295. The van der Waals surface area contributed by atoms with Gasteiger partial charge in [0.2, 0.25) is 0 Å². The highest BCUT2D eigenvalue weighted by molar-refractivity contribution is 7.99. The Hall–Kier alpha value is -0.750. The van der Waals surface area contributed by atoms with E-state index in [2.05, 4.69) is 43.2 Å². The van der Waals surface area contributed by atoms with Crippen molar-refractivity contribution >= 4 is 11.8 Å². The number of nitrogens with one attached hydrogen (secondary N) is 2. The summed E-state index contributed by atoms with van der Waals surface area (Å²) in [6, 6.07) is 0.510. The minimum absolute atomic E-state index is 0.126. The van der Waals surface area contributed by atoms with E-state index in [1.54, 1.807) is 16.3 Å². The summed E-state index contributed by atoms with van der Waals surface area (Å²) in [6.45, 7) is 13.7. The molecule has 1 aromatic rings. The molecule has 0 saturated carbocycles. The first-order valence-corrected chi connectivity index (χ1v) is 7.79. The second-order valence-electron chi connectivity index (χ2n) is 6.06. The highest BCUT2D eigenvalue weighted by Crippen LogP contribution is 2.26. The molecule has 0 saturated heterocycles. The lowest BCUT2D eigenvalue weighted by Crippen LogP contribution is -2.42. The third-order valence-corrected chi connectivity index (χ3v) is 4.11. The van der Waals surface area contributed by atoms with Gasteiger partial charge in [0.05, 0.1) is 0 Å². The molecule has 19 heavy (non-hydrogen) atoms. The predicted molar refractivity (Wildman–Crippen MR) is 80.9 cm³/mol. The molecule has 0 amide bonds. The van der Waals surface area contributed by atoms with Crippen LogP contribution in [0, 0.1) is 5.41 Å². The summed E-state index contributed by atoms with van der Waals surface area (Å²) in [5.41, 5.74) is 0.0516. The number of aromatic amines is 1. The van der Waals surface area contributed by atoms with Gasteiger partial charge in [-0.1, -0.05) is 39.5 Å². The maximum absolute atomic E-state index is 11.7. The van der Waals surface area contributed by atoms with Crippen molar-refractivity contribution < 1.29 is 0 Å². The number of hydrogen-bond donors (Lipinski definition) is 2. The number of aromatic nitrogens is 3. The molecule has 0 radical (unpaired) electrons. The van der Waals surface area contributed by atoms with E-state index in [1.807, 2.05) is 13.8 Å². The zero-order valence-corrected chi connectivity index (χ0v) is 13.6. The molecule has 0 aliphatic heterocycles. The molecular weight excluding hydrogens is 260 g/mol. The molecule has 0 fully saturated rings. The SMILES string of the molecule is CCNC(CSc1n[nH]c(=O)n1C(C)C)C(C)(C)C. The van der Waals surface area contributed by atoms with Crippen LogP contribution in [0.15, 0.2) is 9.95 Å². The molecule has 5 nitrogen and oxygen atoms in total. The second-order valence-corrected chi connectivity index (χ2v) is 7.05. The zero-order valence-electron chi connectivity index (χ0n) is 12.8. The van der Waals surface area contributed by atoms with Gasteiger partial charge in [-0.05, 0) is 25.8 Å². The third-order valence-electron chi connectivity index (χ3n) is 3.06. The number of rotatable bonds is 6. The average molecular weight is 286 g/mol. The molecule has 1 heterocycles. The highest BCUT2D eigenvalue weighted by atomic mass is 32.2. The maximum atomic E-state index is 11.7. The van der Waals surface area contributed by atoms with E-state index >= 15 is 0 Å². The Labute approximate surface area is 119 Å². The van der Waals surface area contributed by atoms with E-state index in [-0.39, 0.29) is 17.1 Å². The van der Waals surface area contributed by atoms with Gasteiger partial charge >= 0.3 is 5.69 Å². The fourth-order valence-corrected chi connectivity index (χ4v) is 3.34. The Morgan fingerprint density at radius 3 is 2.53 bits per heavy atom. The molecule has 1 aromatic heterocycles. The minimum atomic E-state index is -0.131. The number of nitrogens with zero attached hydrogens (tertiary/aromatic N) is 2. The average Bonchev–Trinajstić information content (AvgIpc) is 2.64. The summed E-state index contributed by atoms with van der Waals surface area (Å²) in [7, 11) is 0. The van der Waals surface area contributed by atoms with E-state index in [0.717, 1.165) is 17.5 Å². The maximum Gasteiger partial charge on any atom is 0.344 e. The van der Waals surface area contributed by atoms with Crippen molar-refractivity contribution in [3.63, 3.8) is 0 Å². The topological polar surface area (TPSA) is 62.7 Å². The molecule has 1 atom stereocenters. The number of H-pyrrole nitrogens is 1. The van der Waals surface area contributed by atoms with Crippen LogP contribution in [0.5, 0.6) is 0 Å². The van der Waals surface area contributed by atoms with E-state index < -0.39 is 0 Å². The van der Waals surface area contributed by atoms with Crippen molar-refractivity contribution in [1.29, 1.82) is 0 Å². The van der Waals surface area contributed by atoms with E-state index in [9.17, 15) is 4.79 Å². The van der Waals surface area contributed by atoms with Gasteiger partial charge < -0.3 is 5.32 Å². The molecule has 1 rings (SSSR count). The first-order valence-electron chi connectivity index (χ1n) is 6.80. The van der Waals surface area contributed by atoms with Crippen LogP contribution in [0.1, 0.15) is 47.6 Å². The quantitative estimate of drug-likeness (QED) is 0.788. The van der Waals surface area contributed by atoms with Crippen LogP contribution >= 0.6 is 11.8 Å². The Kier molecular flexibility index (Phi) is 5.67. The van der Waals surface area contributed by atoms with Gasteiger partial charge in [0, 0.05) is 17.8 Å². The van der Waals surface area contributed by atoms with Crippen molar-refractivity contribution in [2.45, 2.75) is 58.8 Å². The van der Waals surface area contributed by atoms with Crippen LogP contribution in [-0.4, -0.2) is 33.1 Å². The van der Waals surface area contributed by atoms with Crippen molar-refractivity contribution in [2.24, 2.45) is 5.41 Å². The van der Waals surface area contributed by atoms with Gasteiger partial charge in [0.25, 0.3) is 0 Å². The normalized spacial score (nSPS) is 14.1. The lowest BCUT2D eigenvalue weighted by Gasteiger charge is -2.31. The molecular formula is C13H26N4OS. The largest absolute Gasteiger partial charge is 0.344 e. The fraction of sp³-hybridized carbons (Fsp3) is 0.846. The molecule has 2 N–H and O–H groups in total. The Morgan fingerprint density at radius 2 is 2.05 bits per heavy atom. The Bertz CT molecular complexity index is 444. The van der Waals surface area contributed by atoms with Gasteiger partial charge in [0.15, 0.2) is 5.16 Å². The van der Waals surface area contributed by atoms with Crippen LogP contribution in [0.2, 0.25) is 0 Å². The smallest absolute Gasteiger partial charge is 0.313 e. The Morgan fingerprint density at radius 1 is 1.42 bits per heavy atom. The van der Waals surface area contributed by atoms with Crippen LogP contribution in [-0.2, 0) is 0 Å². The van der Waals surface area contributed by atoms with Gasteiger partial charge in [-0.2, -0.15) is 0 Å². The van der Waals surface area contributed by atoms with E-state index in [1.165, 1.54) is 0 Å². The van der Waals surface area contributed by atoms with Crippen molar-refractivity contribution in [3.05, 3.63) is 10.5 Å². The molecule has 0 aromatic carbocycles. The van der Waals surface area contributed by atoms with Gasteiger partial charge in [0.1, 0.15) is 0 Å². The standard InChI is InChI=1S/C13H26N4OS/c1-7-14-10(13(4,5)6)8-19-12-16-15-11(18)17(12)9(2)3/h9-10,14H,7-8H2,1-6H3,(H,15,18). The van der Waals surface area contributed by atoms with Crippen molar-refractivity contribution in [2.75, 3.05) is 12.3 Å². The summed E-state index contributed by atoms with van der Waals surface area (Å²) in [6.07, 6.45) is 0. The van der Waals surface area contributed by atoms with Gasteiger partial charge in [-0.3, -0.25) is 4.57 Å². The summed E-state index contributed by atoms with van der Waals surface area (Å²) < 4.78 is 1.70. The molecule has 0 aliphatic carbocycles. The summed E-state index contributed by atoms with van der Waals surface area (Å²) in [5, 5.41) is 10.9. The second kappa shape index (κ2) is 6.61. The van der Waals surface area contributed by atoms with Crippen LogP contribution < -0.4 is 11.0 Å². The zero-order chi connectivity index (χ0) is 14.6. The van der Waals surface area contributed by atoms with Crippen molar-refractivity contribution in [3.8, 4) is 0 Å². The number of thioether (sulfide) groups is 1. The lowest BCUT2D eigenvalue weighted by atomic mass is 9.88. The van der Waals surface area contributed by atoms with Crippen LogP contribution in [0.3, 0.4) is 0 Å². The monoisotopic (exact) mass is 286 g/mol. The molecule has 110 valence electrons. The summed E-state index contributed by atoms with van der Waals surface area (Å²) in [5.74, 6) is 0.897. The molecule has 0 spiro atoms. The van der Waals surface area contributed by atoms with E-state index in [0.29, 0.717) is 6.04 Å². The third kappa shape index (κ3) is 4.38. The summed E-state index contributed by atoms with van der Waals surface area (Å²) >= 11 is 1.63. The van der Waals surface area contributed by atoms with Gasteiger partial charge in [-0.15, -0.1) is 5.10 Å². The molecule has 6 heteroatoms. The minimum Gasteiger partial charge on any atom is -0.313 e. The number of hydrogen-bond acceptors (Lipinski definition) is 4. The first kappa shape index (κ1) is 16.3. The van der Waals surface area contributed by atoms with Crippen LogP contribution in [0.25, 0.3) is 0 Å². The fourth-order valence-electron chi connectivity index (χ4n) is 1.87. The molecule has 1 unspecified atom stereocenters. The van der Waals surface area contributed by atoms with Crippen LogP contribution in [0.4, 0.5) is 0 Å². The Balaban J connectivity index is 2.78. The first-order chi connectivity index (χ1) is 8.77. The molecule has 0 bridgehead atoms. The predicted octanol–water partition coefficient (Wildman–Crippen LogP) is 2.27. The van der Waals surface area contributed by atoms with Crippen molar-refractivity contribution in [1.82, 2.24) is 20.1 Å². The summed E-state index contributed by atoms with van der Waals surface area (Å²) in [4.78, 5) is 11.7.